The van der Waals surface area contributed by atoms with Gasteiger partial charge in [0.15, 0.2) is 5.78 Å². The molecule has 1 aromatic rings. The number of ketones is 1. The van der Waals surface area contributed by atoms with E-state index in [4.69, 9.17) is 4.74 Å². The minimum absolute atomic E-state index is 0.167. The molecule has 0 saturated carbocycles. The summed E-state index contributed by atoms with van der Waals surface area (Å²) in [5, 5.41) is 2.70. The van der Waals surface area contributed by atoms with Gasteiger partial charge in [0.05, 0.1) is 12.3 Å². The first-order chi connectivity index (χ1) is 8.45. The molecule has 4 nitrogen and oxygen atoms in total. The Balaban J connectivity index is 2.79. The van der Waals surface area contributed by atoms with Crippen molar-refractivity contribution in [2.24, 2.45) is 0 Å². The number of Topliss-reactive ketones (excluding diaryl/α,β-unsaturated/α-hetero) is 1. The number of carbonyl (C=O) groups is 2. The first kappa shape index (κ1) is 14.2. The van der Waals surface area contributed by atoms with Gasteiger partial charge in [0.25, 0.3) is 0 Å². The second-order valence-corrected chi connectivity index (χ2v) is 3.87. The molecule has 0 bridgehead atoms. The third kappa shape index (κ3) is 3.55. The topological polar surface area (TPSA) is 55.4 Å². The molecule has 0 aliphatic heterocycles. The van der Waals surface area contributed by atoms with Crippen LogP contribution in [-0.2, 0) is 9.53 Å². The minimum Gasteiger partial charge on any atom is -0.464 e. The van der Waals surface area contributed by atoms with Gasteiger partial charge in [-0.25, -0.2) is 9.18 Å². The van der Waals surface area contributed by atoms with Crippen molar-refractivity contribution in [2.45, 2.75) is 26.8 Å². The Morgan fingerprint density at radius 2 is 2.11 bits per heavy atom. The Kier molecular flexibility index (Phi) is 4.83. The van der Waals surface area contributed by atoms with Gasteiger partial charge >= 0.3 is 5.97 Å². The molecule has 1 atom stereocenters. The van der Waals surface area contributed by atoms with Gasteiger partial charge in [-0.2, -0.15) is 0 Å². The Hall–Kier alpha value is -1.91. The number of anilines is 1. The molecule has 0 aliphatic rings. The standard InChI is InChI=1S/C13H16FNO3/c1-4-18-13(17)8(2)15-12-6-5-10(9(3)16)7-11(12)14/h5-8,15H,4H2,1-3H3. The zero-order valence-corrected chi connectivity index (χ0v) is 10.6. The summed E-state index contributed by atoms with van der Waals surface area (Å²) in [6.45, 7) is 4.92. The van der Waals surface area contributed by atoms with Crippen molar-refractivity contribution >= 4 is 17.4 Å². The zero-order valence-electron chi connectivity index (χ0n) is 10.6. The zero-order chi connectivity index (χ0) is 13.7. The number of hydrogen-bond acceptors (Lipinski definition) is 4. The summed E-state index contributed by atoms with van der Waals surface area (Å²) in [6.07, 6.45) is 0. The molecular formula is C13H16FNO3. The first-order valence-corrected chi connectivity index (χ1v) is 5.69. The lowest BCUT2D eigenvalue weighted by atomic mass is 10.1. The lowest BCUT2D eigenvalue weighted by Gasteiger charge is -2.14. The Labute approximate surface area is 105 Å². The van der Waals surface area contributed by atoms with Gasteiger partial charge in [-0.3, -0.25) is 4.79 Å². The predicted molar refractivity (Wildman–Crippen MR) is 66.1 cm³/mol. The number of hydrogen-bond donors (Lipinski definition) is 1. The first-order valence-electron chi connectivity index (χ1n) is 5.69. The van der Waals surface area contributed by atoms with Crippen LogP contribution in [0.5, 0.6) is 0 Å². The maximum Gasteiger partial charge on any atom is 0.328 e. The van der Waals surface area contributed by atoms with E-state index in [1.54, 1.807) is 13.8 Å². The summed E-state index contributed by atoms with van der Waals surface area (Å²) in [6, 6.07) is 3.43. The third-order valence-corrected chi connectivity index (χ3v) is 2.39. The minimum atomic E-state index is -0.650. The Morgan fingerprint density at radius 3 is 2.61 bits per heavy atom. The number of ether oxygens (including phenoxy) is 1. The predicted octanol–water partition coefficient (Wildman–Crippen LogP) is 2.39. The molecule has 1 aromatic carbocycles. The highest BCUT2D eigenvalue weighted by Crippen LogP contribution is 2.17. The van der Waals surface area contributed by atoms with E-state index in [0.29, 0.717) is 5.56 Å². The van der Waals surface area contributed by atoms with Crippen molar-refractivity contribution in [2.75, 3.05) is 11.9 Å². The fraction of sp³-hybridized carbons (Fsp3) is 0.385. The Bertz CT molecular complexity index is 460. The molecular weight excluding hydrogens is 237 g/mol. The highest BCUT2D eigenvalue weighted by atomic mass is 19.1. The van der Waals surface area contributed by atoms with Gasteiger partial charge in [-0.05, 0) is 39.0 Å². The van der Waals surface area contributed by atoms with Crippen molar-refractivity contribution in [1.82, 2.24) is 0 Å². The van der Waals surface area contributed by atoms with Crippen LogP contribution in [0.1, 0.15) is 31.1 Å². The molecule has 1 unspecified atom stereocenters. The van der Waals surface area contributed by atoms with Crippen LogP contribution in [0.25, 0.3) is 0 Å². The lowest BCUT2D eigenvalue weighted by molar-refractivity contribution is -0.143. The molecule has 0 aromatic heterocycles. The molecule has 0 spiro atoms. The van der Waals surface area contributed by atoms with Crippen LogP contribution in [0.4, 0.5) is 10.1 Å². The van der Waals surface area contributed by atoms with Gasteiger partial charge in [-0.1, -0.05) is 0 Å². The third-order valence-electron chi connectivity index (χ3n) is 2.39. The van der Waals surface area contributed by atoms with E-state index in [9.17, 15) is 14.0 Å². The van der Waals surface area contributed by atoms with E-state index in [1.807, 2.05) is 0 Å². The van der Waals surface area contributed by atoms with Gasteiger partial charge in [0.2, 0.25) is 0 Å². The van der Waals surface area contributed by atoms with Crippen molar-refractivity contribution in [1.29, 1.82) is 0 Å². The number of carbonyl (C=O) groups excluding carboxylic acids is 2. The van der Waals surface area contributed by atoms with Crippen LogP contribution in [0.3, 0.4) is 0 Å². The average molecular weight is 253 g/mol. The summed E-state index contributed by atoms with van der Waals surface area (Å²) in [4.78, 5) is 22.4. The summed E-state index contributed by atoms with van der Waals surface area (Å²) >= 11 is 0. The van der Waals surface area contributed by atoms with E-state index < -0.39 is 17.8 Å². The van der Waals surface area contributed by atoms with Crippen molar-refractivity contribution < 1.29 is 18.7 Å². The molecule has 0 saturated heterocycles. The number of halogens is 1. The van der Waals surface area contributed by atoms with Crippen LogP contribution in [0.15, 0.2) is 18.2 Å². The molecule has 5 heteroatoms. The SMILES string of the molecule is CCOC(=O)C(C)Nc1ccc(C(C)=O)cc1F. The van der Waals surface area contributed by atoms with E-state index in [1.165, 1.54) is 19.1 Å². The number of esters is 1. The van der Waals surface area contributed by atoms with E-state index in [-0.39, 0.29) is 18.1 Å². The largest absolute Gasteiger partial charge is 0.464 e. The molecule has 0 heterocycles. The van der Waals surface area contributed by atoms with E-state index in [0.717, 1.165) is 6.07 Å². The fourth-order valence-corrected chi connectivity index (χ4v) is 1.41. The second kappa shape index (κ2) is 6.14. The second-order valence-electron chi connectivity index (χ2n) is 3.87. The summed E-state index contributed by atoms with van der Waals surface area (Å²) < 4.78 is 18.5. The highest BCUT2D eigenvalue weighted by molar-refractivity contribution is 5.94. The smallest absolute Gasteiger partial charge is 0.328 e. The number of benzene rings is 1. The van der Waals surface area contributed by atoms with Crippen LogP contribution >= 0.6 is 0 Å². The van der Waals surface area contributed by atoms with Crippen molar-refractivity contribution in [3.63, 3.8) is 0 Å². The molecule has 18 heavy (non-hydrogen) atoms. The maximum absolute atomic E-state index is 13.7. The highest BCUT2D eigenvalue weighted by Gasteiger charge is 2.15. The van der Waals surface area contributed by atoms with E-state index >= 15 is 0 Å². The fourth-order valence-electron chi connectivity index (χ4n) is 1.41. The average Bonchev–Trinajstić information content (AvgIpc) is 2.31. The monoisotopic (exact) mass is 253 g/mol. The molecule has 98 valence electrons. The lowest BCUT2D eigenvalue weighted by Crippen LogP contribution is -2.28. The molecule has 1 rings (SSSR count). The van der Waals surface area contributed by atoms with Crippen LogP contribution in [0.2, 0.25) is 0 Å². The van der Waals surface area contributed by atoms with Crippen LogP contribution in [-0.4, -0.2) is 24.4 Å². The quantitative estimate of drug-likeness (QED) is 0.646. The van der Waals surface area contributed by atoms with Crippen LogP contribution < -0.4 is 5.32 Å². The van der Waals surface area contributed by atoms with Crippen molar-refractivity contribution in [3.05, 3.63) is 29.6 Å². The summed E-state index contributed by atoms with van der Waals surface area (Å²) in [7, 11) is 0. The van der Waals surface area contributed by atoms with Gasteiger partial charge in [0.1, 0.15) is 11.9 Å². The van der Waals surface area contributed by atoms with Gasteiger partial charge < -0.3 is 10.1 Å². The number of rotatable bonds is 5. The number of nitrogens with one attached hydrogen (secondary N) is 1. The van der Waals surface area contributed by atoms with Gasteiger partial charge in [-0.15, -0.1) is 0 Å². The molecule has 0 aliphatic carbocycles. The molecule has 0 fully saturated rings. The normalized spacial score (nSPS) is 11.8. The van der Waals surface area contributed by atoms with Gasteiger partial charge in [0, 0.05) is 5.56 Å². The van der Waals surface area contributed by atoms with Crippen molar-refractivity contribution in [3.8, 4) is 0 Å². The van der Waals surface area contributed by atoms with E-state index in [2.05, 4.69) is 5.32 Å². The molecule has 0 amide bonds. The summed E-state index contributed by atoms with van der Waals surface area (Å²) in [5.74, 6) is -1.23. The Morgan fingerprint density at radius 1 is 1.44 bits per heavy atom. The molecule has 0 radical (unpaired) electrons. The summed E-state index contributed by atoms with van der Waals surface area (Å²) in [5.41, 5.74) is 0.461. The van der Waals surface area contributed by atoms with Crippen LogP contribution in [0, 0.1) is 5.82 Å². The molecule has 1 N–H and O–H groups in total. The maximum atomic E-state index is 13.7.